The molecule has 0 aliphatic carbocycles. The van der Waals surface area contributed by atoms with Crippen molar-refractivity contribution in [2.24, 2.45) is 11.8 Å². The molecule has 1 heterocycles. The second kappa shape index (κ2) is 9.85. The van der Waals surface area contributed by atoms with Gasteiger partial charge in [0, 0.05) is 6.42 Å². The number of ketones is 1. The summed E-state index contributed by atoms with van der Waals surface area (Å²) in [6, 6.07) is 0. The Morgan fingerprint density at radius 3 is 2.52 bits per heavy atom. The van der Waals surface area contributed by atoms with Crippen LogP contribution in [-0.2, 0) is 19.1 Å². The maximum atomic E-state index is 12.7. The average molecular weight is 380 g/mol. The minimum Gasteiger partial charge on any atom is -0.501 e. The van der Waals surface area contributed by atoms with Crippen LogP contribution in [0.2, 0.25) is 0 Å². The summed E-state index contributed by atoms with van der Waals surface area (Å²) in [6.07, 6.45) is 4.19. The SMILES string of the molecule is C=C1/C=C(\C)[C@H](CC)OC(=O)[C@@H](C)C(=O)[C@@](O)(CO)C/C(OC)=C/[C@@H](C)C1. The van der Waals surface area contributed by atoms with Gasteiger partial charge >= 0.3 is 5.97 Å². The number of aliphatic hydroxyl groups excluding tert-OH is 1. The Kier molecular flexibility index (Phi) is 8.44. The van der Waals surface area contributed by atoms with Crippen LogP contribution < -0.4 is 0 Å². The fourth-order valence-electron chi connectivity index (χ4n) is 3.22. The number of allylic oxidation sites excluding steroid dienone is 3. The zero-order valence-electron chi connectivity index (χ0n) is 16.9. The van der Waals surface area contributed by atoms with E-state index in [2.05, 4.69) is 6.58 Å². The van der Waals surface area contributed by atoms with E-state index in [4.69, 9.17) is 9.47 Å². The van der Waals surface area contributed by atoms with Gasteiger partial charge in [0.05, 0.1) is 19.5 Å². The van der Waals surface area contributed by atoms with Gasteiger partial charge in [0.2, 0.25) is 0 Å². The summed E-state index contributed by atoms with van der Waals surface area (Å²) in [5, 5.41) is 20.4. The van der Waals surface area contributed by atoms with Gasteiger partial charge in [0.1, 0.15) is 12.0 Å². The molecule has 152 valence electrons. The van der Waals surface area contributed by atoms with Gasteiger partial charge in [-0.25, -0.2) is 0 Å². The van der Waals surface area contributed by atoms with Gasteiger partial charge in [-0.1, -0.05) is 32.1 Å². The van der Waals surface area contributed by atoms with E-state index < -0.39 is 36.0 Å². The molecule has 0 aromatic rings. The number of cyclic esters (lactones) is 1. The monoisotopic (exact) mass is 380 g/mol. The number of methoxy groups -OCH3 is 1. The topological polar surface area (TPSA) is 93.1 Å². The smallest absolute Gasteiger partial charge is 0.316 e. The summed E-state index contributed by atoms with van der Waals surface area (Å²) in [5.74, 6) is -2.33. The number of rotatable bonds is 3. The molecule has 4 atom stereocenters. The Hall–Kier alpha value is -1.92. The third kappa shape index (κ3) is 6.04. The lowest BCUT2D eigenvalue weighted by molar-refractivity contribution is -0.162. The third-order valence-corrected chi connectivity index (χ3v) is 4.82. The minimum absolute atomic E-state index is 0.0394. The van der Waals surface area contributed by atoms with E-state index in [1.807, 2.05) is 26.8 Å². The predicted octanol–water partition coefficient (Wildman–Crippen LogP) is 2.70. The first-order chi connectivity index (χ1) is 12.6. The van der Waals surface area contributed by atoms with Gasteiger partial charge in [-0.3, -0.25) is 9.59 Å². The number of Topliss-reactive ketones (excluding diaryl/α,β-unsaturated/α-hetero) is 1. The van der Waals surface area contributed by atoms with Gasteiger partial charge in [-0.05, 0) is 44.3 Å². The van der Waals surface area contributed by atoms with Crippen molar-refractivity contribution in [3.63, 3.8) is 0 Å². The lowest BCUT2D eigenvalue weighted by Gasteiger charge is -2.29. The summed E-state index contributed by atoms with van der Waals surface area (Å²) in [5.41, 5.74) is -0.402. The average Bonchev–Trinajstić information content (AvgIpc) is 2.62. The molecule has 27 heavy (non-hydrogen) atoms. The number of hydrogen-bond donors (Lipinski definition) is 2. The van der Waals surface area contributed by atoms with Crippen LogP contribution >= 0.6 is 0 Å². The van der Waals surface area contributed by atoms with E-state index in [-0.39, 0.29) is 12.3 Å². The minimum atomic E-state index is -2.12. The van der Waals surface area contributed by atoms with Gasteiger partial charge in [0.15, 0.2) is 11.4 Å². The highest BCUT2D eigenvalue weighted by Crippen LogP contribution is 2.27. The zero-order valence-corrected chi connectivity index (χ0v) is 16.9. The predicted molar refractivity (Wildman–Crippen MR) is 103 cm³/mol. The highest BCUT2D eigenvalue weighted by Gasteiger charge is 2.42. The highest BCUT2D eigenvalue weighted by molar-refractivity contribution is 6.03. The van der Waals surface area contributed by atoms with Crippen molar-refractivity contribution in [1.82, 2.24) is 0 Å². The molecule has 1 rings (SSSR count). The van der Waals surface area contributed by atoms with Crippen molar-refractivity contribution < 1.29 is 29.3 Å². The van der Waals surface area contributed by atoms with Gasteiger partial charge < -0.3 is 19.7 Å². The number of aliphatic hydroxyl groups is 2. The van der Waals surface area contributed by atoms with Crippen LogP contribution in [0.4, 0.5) is 0 Å². The second-order valence-electron chi connectivity index (χ2n) is 7.35. The van der Waals surface area contributed by atoms with Crippen LogP contribution in [0, 0.1) is 11.8 Å². The lowest BCUT2D eigenvalue weighted by atomic mass is 9.86. The van der Waals surface area contributed by atoms with E-state index in [1.54, 1.807) is 6.08 Å². The summed E-state index contributed by atoms with van der Waals surface area (Å²) in [7, 11) is 1.44. The molecule has 0 saturated heterocycles. The molecule has 6 heteroatoms. The third-order valence-electron chi connectivity index (χ3n) is 4.82. The summed E-state index contributed by atoms with van der Waals surface area (Å²) >= 11 is 0. The van der Waals surface area contributed by atoms with Crippen LogP contribution in [0.15, 0.2) is 35.6 Å². The first-order valence-electron chi connectivity index (χ1n) is 9.26. The molecule has 0 aromatic heterocycles. The fourth-order valence-corrected chi connectivity index (χ4v) is 3.22. The molecule has 0 spiro atoms. The van der Waals surface area contributed by atoms with Crippen molar-refractivity contribution in [2.45, 2.75) is 58.7 Å². The van der Waals surface area contributed by atoms with E-state index in [0.717, 1.165) is 11.1 Å². The lowest BCUT2D eigenvalue weighted by Crippen LogP contribution is -2.48. The van der Waals surface area contributed by atoms with E-state index >= 15 is 0 Å². The fraction of sp³-hybridized carbons (Fsp3) is 0.619. The molecule has 2 N–H and O–H groups in total. The van der Waals surface area contributed by atoms with E-state index in [0.29, 0.717) is 18.6 Å². The maximum Gasteiger partial charge on any atom is 0.316 e. The standard InChI is InChI=1S/C21H32O6/c1-7-18-15(4)9-13(2)8-14(3)10-17(26-6)11-21(25,12-22)19(23)16(5)20(24)27-18/h9-10,14,16,18,22,25H,2,7-8,11-12H2,1,3-6H3/b15-9+,17-10-/t14-,16-,18-,21-/m0/s1. The van der Waals surface area contributed by atoms with Crippen LogP contribution in [0.25, 0.3) is 0 Å². The van der Waals surface area contributed by atoms with Crippen LogP contribution in [0.5, 0.6) is 0 Å². The first kappa shape index (κ1) is 23.1. The van der Waals surface area contributed by atoms with E-state index in [1.165, 1.54) is 14.0 Å². The molecule has 0 saturated carbocycles. The molecule has 0 aromatic carbocycles. The Morgan fingerprint density at radius 1 is 1.37 bits per heavy atom. The second-order valence-corrected chi connectivity index (χ2v) is 7.35. The highest BCUT2D eigenvalue weighted by atomic mass is 16.5. The molecule has 0 radical (unpaired) electrons. The van der Waals surface area contributed by atoms with Crippen LogP contribution in [0.3, 0.4) is 0 Å². The van der Waals surface area contributed by atoms with Gasteiger partial charge in [0.25, 0.3) is 0 Å². The molecule has 0 bridgehead atoms. The van der Waals surface area contributed by atoms with Crippen LogP contribution in [-0.4, -0.2) is 47.4 Å². The number of esters is 1. The van der Waals surface area contributed by atoms with Crippen molar-refractivity contribution >= 4 is 11.8 Å². The quantitative estimate of drug-likeness (QED) is 0.578. The summed E-state index contributed by atoms with van der Waals surface area (Å²) in [4.78, 5) is 25.2. The van der Waals surface area contributed by atoms with Crippen molar-refractivity contribution in [3.05, 3.63) is 35.6 Å². The molecule has 6 nitrogen and oxygen atoms in total. The number of ether oxygens (including phenoxy) is 2. The molecule has 0 unspecified atom stereocenters. The number of carbonyl (C=O) groups is 2. The normalized spacial score (nSPS) is 35.4. The largest absolute Gasteiger partial charge is 0.501 e. The Morgan fingerprint density at radius 2 is 2.00 bits per heavy atom. The van der Waals surface area contributed by atoms with Gasteiger partial charge in [-0.2, -0.15) is 0 Å². The molecular formula is C21H32O6. The van der Waals surface area contributed by atoms with Crippen LogP contribution in [0.1, 0.15) is 47.0 Å². The Balaban J connectivity index is 3.38. The molecule has 0 fully saturated rings. The van der Waals surface area contributed by atoms with Crippen molar-refractivity contribution in [3.8, 4) is 0 Å². The van der Waals surface area contributed by atoms with Gasteiger partial charge in [-0.15, -0.1) is 0 Å². The van der Waals surface area contributed by atoms with Crippen molar-refractivity contribution in [2.75, 3.05) is 13.7 Å². The van der Waals surface area contributed by atoms with E-state index in [9.17, 15) is 19.8 Å². The Labute approximate surface area is 161 Å². The first-order valence-corrected chi connectivity index (χ1v) is 9.26. The zero-order chi connectivity index (χ0) is 20.8. The summed E-state index contributed by atoms with van der Waals surface area (Å²) in [6.45, 7) is 10.3. The molecule has 1 aliphatic rings. The molecular weight excluding hydrogens is 348 g/mol. The maximum absolute atomic E-state index is 12.7. The number of carbonyl (C=O) groups excluding carboxylic acids is 2. The molecule has 0 amide bonds. The van der Waals surface area contributed by atoms with Crippen molar-refractivity contribution in [1.29, 1.82) is 0 Å². The molecule has 1 aliphatic heterocycles. The number of hydrogen-bond acceptors (Lipinski definition) is 6. The Bertz CT molecular complexity index is 633. The summed E-state index contributed by atoms with van der Waals surface area (Å²) < 4.78 is 10.8.